The third-order valence-electron chi connectivity index (χ3n) is 7.82. The molecule has 0 aromatic carbocycles. The molecule has 154 valence electrons. The Hall–Kier alpha value is -1.91. The van der Waals surface area contributed by atoms with Gasteiger partial charge in [-0.2, -0.15) is 0 Å². The smallest absolute Gasteiger partial charge is 0.351 e. The zero-order valence-electron chi connectivity index (χ0n) is 18.1. The van der Waals surface area contributed by atoms with Crippen molar-refractivity contribution in [1.82, 2.24) is 0 Å². The summed E-state index contributed by atoms with van der Waals surface area (Å²) in [6.07, 6.45) is 5.72. The Labute approximate surface area is 167 Å². The molecule has 0 radical (unpaired) electrons. The summed E-state index contributed by atoms with van der Waals surface area (Å²) in [5.41, 5.74) is -0.577. The molecule has 1 saturated heterocycles. The van der Waals surface area contributed by atoms with Crippen molar-refractivity contribution in [3.05, 3.63) is 23.3 Å². The van der Waals surface area contributed by atoms with Crippen molar-refractivity contribution in [2.75, 3.05) is 0 Å². The number of rotatable bonds is 4. The molecule has 2 bridgehead atoms. The van der Waals surface area contributed by atoms with Gasteiger partial charge < -0.3 is 9.47 Å². The third kappa shape index (κ3) is 2.69. The van der Waals surface area contributed by atoms with Crippen LogP contribution in [0, 0.1) is 16.2 Å². The molecule has 0 N–H and O–H groups in total. The minimum Gasteiger partial charge on any atom is -0.455 e. The minimum absolute atomic E-state index is 0.0148. The maximum atomic E-state index is 13.3. The Morgan fingerprint density at radius 1 is 1.11 bits per heavy atom. The lowest BCUT2D eigenvalue weighted by atomic mass is 9.66. The topological polar surface area (TPSA) is 69.7 Å². The molecule has 3 aliphatic rings. The van der Waals surface area contributed by atoms with Crippen molar-refractivity contribution in [2.45, 2.75) is 85.9 Å². The van der Waals surface area contributed by atoms with Crippen LogP contribution >= 0.6 is 0 Å². The van der Waals surface area contributed by atoms with Crippen molar-refractivity contribution < 1.29 is 23.9 Å². The van der Waals surface area contributed by atoms with Gasteiger partial charge in [-0.05, 0) is 69.1 Å². The SMILES string of the molecule is CC(=O)/C=C/C1=C(C)[C@H](OC(=O)[C@@]23CC[C@@](C)(C(=O)O2)C3(C)C)CCC1(C)C. The zero-order valence-corrected chi connectivity index (χ0v) is 18.1. The van der Waals surface area contributed by atoms with Crippen LogP contribution < -0.4 is 0 Å². The maximum Gasteiger partial charge on any atom is 0.351 e. The zero-order chi connectivity index (χ0) is 21.1. The Balaban J connectivity index is 1.90. The van der Waals surface area contributed by atoms with E-state index in [2.05, 4.69) is 13.8 Å². The summed E-state index contributed by atoms with van der Waals surface area (Å²) in [7, 11) is 0. The molecule has 1 aliphatic heterocycles. The summed E-state index contributed by atoms with van der Waals surface area (Å²) in [6.45, 7) is 13.5. The Bertz CT molecular complexity index is 800. The molecule has 5 nitrogen and oxygen atoms in total. The van der Waals surface area contributed by atoms with E-state index >= 15 is 0 Å². The quantitative estimate of drug-likeness (QED) is 0.530. The van der Waals surface area contributed by atoms with E-state index in [4.69, 9.17) is 9.47 Å². The molecule has 28 heavy (non-hydrogen) atoms. The monoisotopic (exact) mass is 388 g/mol. The van der Waals surface area contributed by atoms with Gasteiger partial charge in [0, 0.05) is 5.41 Å². The van der Waals surface area contributed by atoms with Crippen LogP contribution in [0.2, 0.25) is 0 Å². The number of ketones is 1. The van der Waals surface area contributed by atoms with Gasteiger partial charge in [0.25, 0.3) is 0 Å². The number of carbonyl (C=O) groups is 3. The van der Waals surface area contributed by atoms with Crippen molar-refractivity contribution in [3.8, 4) is 0 Å². The normalized spacial score (nSPS) is 36.0. The Morgan fingerprint density at radius 2 is 1.75 bits per heavy atom. The molecular formula is C23H32O5. The van der Waals surface area contributed by atoms with Gasteiger partial charge in [0.1, 0.15) is 6.10 Å². The van der Waals surface area contributed by atoms with Crippen molar-refractivity contribution in [3.63, 3.8) is 0 Å². The van der Waals surface area contributed by atoms with Gasteiger partial charge in [-0.15, -0.1) is 0 Å². The molecule has 0 aromatic rings. The van der Waals surface area contributed by atoms with Crippen LogP contribution in [0.3, 0.4) is 0 Å². The van der Waals surface area contributed by atoms with E-state index in [1.165, 1.54) is 6.92 Å². The fourth-order valence-corrected chi connectivity index (χ4v) is 5.18. The second kappa shape index (κ2) is 6.30. The van der Waals surface area contributed by atoms with Crippen molar-refractivity contribution in [2.24, 2.45) is 16.2 Å². The fraction of sp³-hybridized carbons (Fsp3) is 0.696. The number of esters is 2. The lowest BCUT2D eigenvalue weighted by Crippen LogP contribution is -2.50. The van der Waals surface area contributed by atoms with E-state index in [0.29, 0.717) is 19.3 Å². The highest BCUT2D eigenvalue weighted by molar-refractivity contribution is 5.93. The highest BCUT2D eigenvalue weighted by Gasteiger charge is 2.76. The fourth-order valence-electron chi connectivity index (χ4n) is 5.18. The van der Waals surface area contributed by atoms with Crippen LogP contribution in [0.5, 0.6) is 0 Å². The maximum absolute atomic E-state index is 13.3. The first kappa shape index (κ1) is 20.8. The average Bonchev–Trinajstić information content (AvgIpc) is 2.87. The molecule has 0 aromatic heterocycles. The number of fused-ring (bicyclic) bond motifs is 2. The minimum atomic E-state index is -1.21. The molecule has 3 rings (SSSR count). The first-order chi connectivity index (χ1) is 12.8. The number of carbonyl (C=O) groups excluding carboxylic acids is 3. The van der Waals surface area contributed by atoms with Crippen molar-refractivity contribution >= 4 is 17.7 Å². The molecule has 1 saturated carbocycles. The van der Waals surface area contributed by atoms with Gasteiger partial charge in [0.05, 0.1) is 5.41 Å². The Kier molecular flexibility index (Phi) is 4.68. The van der Waals surface area contributed by atoms with E-state index in [-0.39, 0.29) is 23.3 Å². The van der Waals surface area contributed by atoms with Gasteiger partial charge in [-0.25, -0.2) is 4.79 Å². The molecule has 5 heteroatoms. The predicted molar refractivity (Wildman–Crippen MR) is 105 cm³/mol. The lowest BCUT2D eigenvalue weighted by molar-refractivity contribution is -0.186. The standard InChI is InChI=1S/C23H32O5/c1-14(24)8-9-16-15(2)17(10-11-20(16,3)4)27-19(26)23-13-12-22(7,18(25)28-23)21(23,5)6/h8-9,17H,10-13H2,1-7H3/b9-8+/t17-,22+,23-/m1/s1. The summed E-state index contributed by atoms with van der Waals surface area (Å²) in [5, 5.41) is 0. The number of allylic oxidation sites excluding steroid dienone is 3. The molecule has 2 aliphatic carbocycles. The van der Waals surface area contributed by atoms with Crippen LogP contribution in [0.25, 0.3) is 0 Å². The van der Waals surface area contributed by atoms with Gasteiger partial charge >= 0.3 is 11.9 Å². The summed E-state index contributed by atoms with van der Waals surface area (Å²) in [4.78, 5) is 37.1. The second-order valence-corrected chi connectivity index (χ2v) is 10.0. The Morgan fingerprint density at radius 3 is 2.25 bits per heavy atom. The molecule has 1 heterocycles. The molecule has 3 atom stereocenters. The van der Waals surface area contributed by atoms with Crippen LogP contribution in [-0.4, -0.2) is 29.4 Å². The predicted octanol–water partition coefficient (Wildman–Crippen LogP) is 4.30. The van der Waals surface area contributed by atoms with E-state index in [9.17, 15) is 14.4 Å². The molecule has 0 spiro atoms. The summed E-state index contributed by atoms with van der Waals surface area (Å²) < 4.78 is 11.6. The largest absolute Gasteiger partial charge is 0.455 e. The van der Waals surface area contributed by atoms with E-state index in [0.717, 1.165) is 17.6 Å². The highest BCUT2D eigenvalue weighted by Crippen LogP contribution is 2.66. The molecular weight excluding hydrogens is 356 g/mol. The van der Waals surface area contributed by atoms with Gasteiger partial charge in [0.2, 0.25) is 5.60 Å². The average molecular weight is 389 g/mol. The molecule has 0 amide bonds. The number of hydrogen-bond acceptors (Lipinski definition) is 5. The van der Waals surface area contributed by atoms with Crippen molar-refractivity contribution in [1.29, 1.82) is 0 Å². The van der Waals surface area contributed by atoms with Crippen LogP contribution in [0.15, 0.2) is 23.3 Å². The summed E-state index contributed by atoms with van der Waals surface area (Å²) >= 11 is 0. The number of ether oxygens (including phenoxy) is 2. The third-order valence-corrected chi connectivity index (χ3v) is 7.82. The van der Waals surface area contributed by atoms with Crippen LogP contribution in [0.1, 0.15) is 74.1 Å². The van der Waals surface area contributed by atoms with E-state index in [1.807, 2.05) is 33.8 Å². The second-order valence-electron chi connectivity index (χ2n) is 10.0. The molecule has 2 fully saturated rings. The van der Waals surface area contributed by atoms with Gasteiger partial charge in [-0.1, -0.05) is 33.8 Å². The van der Waals surface area contributed by atoms with Gasteiger partial charge in [0.15, 0.2) is 5.78 Å². The number of hydrogen-bond donors (Lipinski definition) is 0. The first-order valence-corrected chi connectivity index (χ1v) is 10.1. The first-order valence-electron chi connectivity index (χ1n) is 10.1. The van der Waals surface area contributed by atoms with E-state index < -0.39 is 22.4 Å². The van der Waals surface area contributed by atoms with Crippen LogP contribution in [0.4, 0.5) is 0 Å². The van der Waals surface area contributed by atoms with Gasteiger partial charge in [-0.3, -0.25) is 9.59 Å². The highest BCUT2D eigenvalue weighted by atomic mass is 16.6. The van der Waals surface area contributed by atoms with Crippen LogP contribution in [-0.2, 0) is 23.9 Å². The summed E-state index contributed by atoms with van der Waals surface area (Å²) in [6, 6.07) is 0. The molecule has 0 unspecified atom stereocenters. The van der Waals surface area contributed by atoms with E-state index in [1.54, 1.807) is 6.08 Å². The lowest BCUT2D eigenvalue weighted by Gasteiger charge is -2.39. The summed E-state index contributed by atoms with van der Waals surface area (Å²) in [5.74, 6) is -0.757.